The van der Waals surface area contributed by atoms with Gasteiger partial charge < -0.3 is 14.6 Å². The number of aromatic nitrogens is 2. The number of hydrogen-bond acceptors (Lipinski definition) is 4. The molecule has 7 heteroatoms. The Hall–Kier alpha value is -3.61. The number of carbonyl (C=O) groups excluding carboxylic acids is 2. The molecule has 0 atom stereocenters. The topological polar surface area (TPSA) is 85.2 Å². The lowest BCUT2D eigenvalue weighted by atomic mass is 10.1. The molecule has 0 unspecified atom stereocenters. The van der Waals surface area contributed by atoms with Gasteiger partial charge in [-0.15, -0.1) is 0 Å². The largest absolute Gasteiger partial charge is 0.497 e. The molecule has 1 heterocycles. The van der Waals surface area contributed by atoms with Crippen molar-refractivity contribution in [1.29, 1.82) is 0 Å². The molecule has 7 nitrogen and oxygen atoms in total. The van der Waals surface area contributed by atoms with Crippen LogP contribution in [0.25, 0.3) is 11.3 Å². The molecule has 0 fully saturated rings. The van der Waals surface area contributed by atoms with Gasteiger partial charge in [0.1, 0.15) is 5.75 Å². The molecule has 1 aromatic heterocycles. The van der Waals surface area contributed by atoms with Crippen LogP contribution in [-0.2, 0) is 11.8 Å². The van der Waals surface area contributed by atoms with E-state index in [2.05, 4.69) is 15.6 Å². The first-order valence-electron chi connectivity index (χ1n) is 8.33. The highest BCUT2D eigenvalue weighted by Crippen LogP contribution is 2.24. The fourth-order valence-corrected chi connectivity index (χ4v) is 2.64. The van der Waals surface area contributed by atoms with Crippen LogP contribution in [-0.4, -0.2) is 28.5 Å². The molecule has 3 aromatic rings. The summed E-state index contributed by atoms with van der Waals surface area (Å²) < 4.78 is 6.98. The maximum Gasteiger partial charge on any atom is 0.257 e. The molecular formula is C20H20N4O3. The standard InChI is InChI=1S/C20H20N4O3/c1-13(25)22-16-8-4-15(5-9-16)19(26)23-20-21-12-18(24(20)2)14-6-10-17(27-3)11-7-14/h4-12H,1-3H3,(H,22,25)(H,21,23,26). The van der Waals surface area contributed by atoms with Crippen molar-refractivity contribution in [2.75, 3.05) is 17.7 Å². The van der Waals surface area contributed by atoms with Crippen LogP contribution >= 0.6 is 0 Å². The molecule has 27 heavy (non-hydrogen) atoms. The molecule has 0 radical (unpaired) electrons. The second-order valence-electron chi connectivity index (χ2n) is 5.97. The summed E-state index contributed by atoms with van der Waals surface area (Å²) in [5.41, 5.74) is 2.94. The van der Waals surface area contributed by atoms with Crippen molar-refractivity contribution in [2.24, 2.45) is 7.05 Å². The van der Waals surface area contributed by atoms with Gasteiger partial charge in [-0.05, 0) is 48.5 Å². The van der Waals surface area contributed by atoms with E-state index in [1.807, 2.05) is 35.9 Å². The maximum atomic E-state index is 12.5. The highest BCUT2D eigenvalue weighted by molar-refractivity contribution is 6.04. The highest BCUT2D eigenvalue weighted by Gasteiger charge is 2.13. The Balaban J connectivity index is 1.74. The van der Waals surface area contributed by atoms with Gasteiger partial charge in [-0.2, -0.15) is 0 Å². The van der Waals surface area contributed by atoms with Crippen molar-refractivity contribution >= 4 is 23.5 Å². The molecule has 0 spiro atoms. The van der Waals surface area contributed by atoms with Crippen LogP contribution in [0.5, 0.6) is 5.75 Å². The van der Waals surface area contributed by atoms with Gasteiger partial charge in [-0.1, -0.05) is 0 Å². The zero-order chi connectivity index (χ0) is 19.4. The molecule has 0 bridgehead atoms. The third kappa shape index (κ3) is 4.14. The third-order valence-corrected chi connectivity index (χ3v) is 4.07. The van der Waals surface area contributed by atoms with E-state index >= 15 is 0 Å². The van der Waals surface area contributed by atoms with E-state index in [0.29, 0.717) is 17.2 Å². The summed E-state index contributed by atoms with van der Waals surface area (Å²) >= 11 is 0. The highest BCUT2D eigenvalue weighted by atomic mass is 16.5. The van der Waals surface area contributed by atoms with Gasteiger partial charge in [0.25, 0.3) is 5.91 Å². The first-order valence-corrected chi connectivity index (χ1v) is 8.33. The first-order chi connectivity index (χ1) is 13.0. The molecular weight excluding hydrogens is 344 g/mol. The number of anilines is 2. The molecule has 3 rings (SSSR count). The monoisotopic (exact) mass is 364 g/mol. The summed E-state index contributed by atoms with van der Waals surface area (Å²) in [6, 6.07) is 14.3. The van der Waals surface area contributed by atoms with Gasteiger partial charge in [-0.25, -0.2) is 4.98 Å². The van der Waals surface area contributed by atoms with E-state index in [4.69, 9.17) is 4.74 Å². The number of rotatable bonds is 5. The lowest BCUT2D eigenvalue weighted by Crippen LogP contribution is -2.15. The van der Waals surface area contributed by atoms with Gasteiger partial charge in [0, 0.05) is 30.8 Å². The predicted molar refractivity (Wildman–Crippen MR) is 104 cm³/mol. The van der Waals surface area contributed by atoms with Crippen molar-refractivity contribution in [3.63, 3.8) is 0 Å². The number of methoxy groups -OCH3 is 1. The van der Waals surface area contributed by atoms with E-state index in [1.165, 1.54) is 6.92 Å². The van der Waals surface area contributed by atoms with Crippen LogP contribution < -0.4 is 15.4 Å². The van der Waals surface area contributed by atoms with Gasteiger partial charge in [0.2, 0.25) is 11.9 Å². The van der Waals surface area contributed by atoms with Crippen molar-refractivity contribution < 1.29 is 14.3 Å². The minimum atomic E-state index is -0.278. The van der Waals surface area contributed by atoms with E-state index in [1.54, 1.807) is 37.6 Å². The van der Waals surface area contributed by atoms with Gasteiger partial charge in [-0.3, -0.25) is 14.9 Å². The Morgan fingerprint density at radius 3 is 2.26 bits per heavy atom. The van der Waals surface area contributed by atoms with Crippen LogP contribution in [0, 0.1) is 0 Å². The van der Waals surface area contributed by atoms with E-state index < -0.39 is 0 Å². The summed E-state index contributed by atoms with van der Waals surface area (Å²) in [5, 5.41) is 5.46. The van der Waals surface area contributed by atoms with Crippen molar-refractivity contribution in [2.45, 2.75) is 6.92 Å². The number of carbonyl (C=O) groups is 2. The summed E-state index contributed by atoms with van der Waals surface area (Å²) in [6.07, 6.45) is 1.71. The molecule has 0 saturated carbocycles. The van der Waals surface area contributed by atoms with E-state index in [-0.39, 0.29) is 11.8 Å². The third-order valence-electron chi connectivity index (χ3n) is 4.07. The summed E-state index contributed by atoms with van der Waals surface area (Å²) in [7, 11) is 3.46. The molecule has 138 valence electrons. The number of ether oxygens (including phenoxy) is 1. The summed E-state index contributed by atoms with van der Waals surface area (Å²) in [6.45, 7) is 1.43. The molecule has 2 N–H and O–H groups in total. The fourth-order valence-electron chi connectivity index (χ4n) is 2.64. The Morgan fingerprint density at radius 2 is 1.67 bits per heavy atom. The lowest BCUT2D eigenvalue weighted by Gasteiger charge is -2.09. The Labute approximate surface area is 157 Å². The smallest absolute Gasteiger partial charge is 0.257 e. The van der Waals surface area contributed by atoms with Crippen molar-refractivity contribution in [1.82, 2.24) is 9.55 Å². The normalized spacial score (nSPS) is 10.3. The van der Waals surface area contributed by atoms with Crippen molar-refractivity contribution in [3.05, 3.63) is 60.3 Å². The lowest BCUT2D eigenvalue weighted by molar-refractivity contribution is -0.114. The van der Waals surface area contributed by atoms with Crippen LogP contribution in [0.3, 0.4) is 0 Å². The quantitative estimate of drug-likeness (QED) is 0.727. The first kappa shape index (κ1) is 18.2. The minimum absolute atomic E-state index is 0.161. The van der Waals surface area contributed by atoms with Gasteiger partial charge >= 0.3 is 0 Å². The van der Waals surface area contributed by atoms with Gasteiger partial charge in [0.05, 0.1) is 19.0 Å². The van der Waals surface area contributed by atoms with Crippen molar-refractivity contribution in [3.8, 4) is 17.0 Å². The molecule has 2 amide bonds. The Kier molecular flexibility index (Phi) is 5.21. The van der Waals surface area contributed by atoms with Gasteiger partial charge in [0.15, 0.2) is 0 Å². The van der Waals surface area contributed by atoms with Crippen LogP contribution in [0.1, 0.15) is 17.3 Å². The van der Waals surface area contributed by atoms with E-state index in [9.17, 15) is 9.59 Å². The molecule has 0 aliphatic rings. The van der Waals surface area contributed by atoms with Crippen LogP contribution in [0.4, 0.5) is 11.6 Å². The zero-order valence-electron chi connectivity index (χ0n) is 15.3. The molecule has 0 aliphatic carbocycles. The fraction of sp³-hybridized carbons (Fsp3) is 0.150. The number of imidazole rings is 1. The molecule has 0 aliphatic heterocycles. The molecule has 0 saturated heterocycles. The van der Waals surface area contributed by atoms with E-state index in [0.717, 1.165) is 17.0 Å². The van der Waals surface area contributed by atoms with Crippen LogP contribution in [0.15, 0.2) is 54.7 Å². The SMILES string of the molecule is COc1ccc(-c2cnc(NC(=O)c3ccc(NC(C)=O)cc3)n2C)cc1. The number of hydrogen-bond donors (Lipinski definition) is 2. The summed E-state index contributed by atoms with van der Waals surface area (Å²) in [5.74, 6) is 0.777. The number of nitrogens with zero attached hydrogens (tertiary/aromatic N) is 2. The second-order valence-corrected chi connectivity index (χ2v) is 5.97. The Morgan fingerprint density at radius 1 is 1.00 bits per heavy atom. The number of amides is 2. The van der Waals surface area contributed by atoms with Crippen LogP contribution in [0.2, 0.25) is 0 Å². The zero-order valence-corrected chi connectivity index (χ0v) is 15.3. The number of nitrogens with one attached hydrogen (secondary N) is 2. The predicted octanol–water partition coefficient (Wildman–Crippen LogP) is 3.31. The molecule has 2 aromatic carbocycles. The maximum absolute atomic E-state index is 12.5. The summed E-state index contributed by atoms with van der Waals surface area (Å²) in [4.78, 5) is 27.8. The average molecular weight is 364 g/mol. The minimum Gasteiger partial charge on any atom is -0.497 e. The average Bonchev–Trinajstić information content (AvgIpc) is 3.02. The second kappa shape index (κ2) is 7.74. The Bertz CT molecular complexity index is 960. The number of benzene rings is 2.